The quantitative estimate of drug-likeness (QED) is 0.724. The number of anilines is 1. The SMILES string of the molecule is CCC(O)CCNC(=O)c1ccccc1NC(=O)c1cccc(C)c1. The predicted molar refractivity (Wildman–Crippen MR) is 98.8 cm³/mol. The van der Waals surface area contributed by atoms with E-state index in [1.807, 2.05) is 26.0 Å². The van der Waals surface area contributed by atoms with Crippen LogP contribution in [-0.4, -0.2) is 29.6 Å². The molecule has 0 aliphatic rings. The maximum atomic E-state index is 12.4. The molecular formula is C20H24N2O3. The molecule has 1 atom stereocenters. The molecule has 0 saturated carbocycles. The van der Waals surface area contributed by atoms with E-state index < -0.39 is 6.10 Å². The van der Waals surface area contributed by atoms with E-state index >= 15 is 0 Å². The maximum absolute atomic E-state index is 12.4. The van der Waals surface area contributed by atoms with Crippen molar-refractivity contribution in [1.29, 1.82) is 0 Å². The van der Waals surface area contributed by atoms with Crippen LogP contribution in [0.4, 0.5) is 5.69 Å². The third kappa shape index (κ3) is 5.43. The molecule has 0 radical (unpaired) electrons. The van der Waals surface area contributed by atoms with Crippen molar-refractivity contribution in [2.75, 3.05) is 11.9 Å². The van der Waals surface area contributed by atoms with Gasteiger partial charge < -0.3 is 15.7 Å². The Balaban J connectivity index is 2.07. The van der Waals surface area contributed by atoms with E-state index in [1.165, 1.54) is 0 Å². The van der Waals surface area contributed by atoms with E-state index in [4.69, 9.17) is 0 Å². The average Bonchev–Trinajstić information content (AvgIpc) is 2.61. The normalized spacial score (nSPS) is 11.6. The lowest BCUT2D eigenvalue weighted by Crippen LogP contribution is -2.28. The molecule has 5 heteroatoms. The van der Waals surface area contributed by atoms with Gasteiger partial charge in [0, 0.05) is 12.1 Å². The number of rotatable bonds is 7. The number of aryl methyl sites for hydroxylation is 1. The van der Waals surface area contributed by atoms with Crippen molar-refractivity contribution >= 4 is 17.5 Å². The van der Waals surface area contributed by atoms with Gasteiger partial charge in [0.2, 0.25) is 0 Å². The average molecular weight is 340 g/mol. The van der Waals surface area contributed by atoms with Gasteiger partial charge in [-0.3, -0.25) is 9.59 Å². The summed E-state index contributed by atoms with van der Waals surface area (Å²) >= 11 is 0. The molecule has 0 bridgehead atoms. The van der Waals surface area contributed by atoms with Gasteiger partial charge in [-0.15, -0.1) is 0 Å². The number of aliphatic hydroxyl groups excluding tert-OH is 1. The standard InChI is InChI=1S/C20H24N2O3/c1-3-16(23)11-12-21-20(25)17-9-4-5-10-18(17)22-19(24)15-8-6-7-14(2)13-15/h4-10,13,16,23H,3,11-12H2,1-2H3,(H,21,25)(H,22,24). The molecule has 0 aromatic heterocycles. The first kappa shape index (κ1) is 18.7. The molecule has 0 fully saturated rings. The number of nitrogens with one attached hydrogen (secondary N) is 2. The molecule has 2 rings (SSSR count). The summed E-state index contributed by atoms with van der Waals surface area (Å²) in [5, 5.41) is 15.1. The van der Waals surface area contributed by atoms with Crippen LogP contribution in [0.5, 0.6) is 0 Å². The molecule has 0 aliphatic carbocycles. The van der Waals surface area contributed by atoms with Gasteiger partial charge in [0.1, 0.15) is 0 Å². The Morgan fingerprint density at radius 3 is 2.56 bits per heavy atom. The number of carbonyl (C=O) groups excluding carboxylic acids is 2. The molecule has 2 aromatic rings. The Bertz CT molecular complexity index is 743. The predicted octanol–water partition coefficient (Wildman–Crippen LogP) is 3.14. The van der Waals surface area contributed by atoms with E-state index in [0.717, 1.165) is 5.56 Å². The molecule has 0 heterocycles. The van der Waals surface area contributed by atoms with E-state index in [-0.39, 0.29) is 11.8 Å². The molecule has 0 aliphatic heterocycles. The molecule has 132 valence electrons. The first-order chi connectivity index (χ1) is 12.0. The highest BCUT2D eigenvalue weighted by molar-refractivity contribution is 6.09. The van der Waals surface area contributed by atoms with Gasteiger partial charge >= 0.3 is 0 Å². The number of hydrogen-bond donors (Lipinski definition) is 3. The lowest BCUT2D eigenvalue weighted by atomic mass is 10.1. The summed E-state index contributed by atoms with van der Waals surface area (Å²) in [5.41, 5.74) is 2.39. The first-order valence-corrected chi connectivity index (χ1v) is 8.44. The fourth-order valence-electron chi connectivity index (χ4n) is 2.42. The minimum absolute atomic E-state index is 0.259. The van der Waals surface area contributed by atoms with Crippen molar-refractivity contribution in [3.05, 3.63) is 65.2 Å². The first-order valence-electron chi connectivity index (χ1n) is 8.44. The molecule has 1 unspecified atom stereocenters. The topological polar surface area (TPSA) is 78.4 Å². The van der Waals surface area contributed by atoms with Crippen LogP contribution < -0.4 is 10.6 Å². The van der Waals surface area contributed by atoms with Gasteiger partial charge in [-0.1, -0.05) is 36.8 Å². The monoisotopic (exact) mass is 340 g/mol. The van der Waals surface area contributed by atoms with Gasteiger partial charge in [-0.2, -0.15) is 0 Å². The Morgan fingerprint density at radius 2 is 1.84 bits per heavy atom. The van der Waals surface area contributed by atoms with Gasteiger partial charge in [0.05, 0.1) is 17.4 Å². The van der Waals surface area contributed by atoms with Crippen molar-refractivity contribution in [1.82, 2.24) is 5.32 Å². The Hall–Kier alpha value is -2.66. The number of aliphatic hydroxyl groups is 1. The summed E-state index contributed by atoms with van der Waals surface area (Å²) in [7, 11) is 0. The Kier molecular flexibility index (Phi) is 6.71. The minimum Gasteiger partial charge on any atom is -0.393 e. The molecule has 2 amide bonds. The van der Waals surface area contributed by atoms with Crippen LogP contribution in [0.25, 0.3) is 0 Å². The van der Waals surface area contributed by atoms with Crippen LogP contribution in [0, 0.1) is 6.92 Å². The summed E-state index contributed by atoms with van der Waals surface area (Å²) in [6.07, 6.45) is 0.732. The van der Waals surface area contributed by atoms with Crippen molar-refractivity contribution in [3.63, 3.8) is 0 Å². The third-order valence-electron chi connectivity index (χ3n) is 3.93. The zero-order chi connectivity index (χ0) is 18.2. The molecule has 0 spiro atoms. The number of para-hydroxylation sites is 1. The molecule has 25 heavy (non-hydrogen) atoms. The van der Waals surface area contributed by atoms with Crippen LogP contribution in [0.1, 0.15) is 46.0 Å². The van der Waals surface area contributed by atoms with E-state index in [1.54, 1.807) is 36.4 Å². The lowest BCUT2D eigenvalue weighted by molar-refractivity contribution is 0.0943. The highest BCUT2D eigenvalue weighted by atomic mass is 16.3. The van der Waals surface area contributed by atoms with Gasteiger partial charge in [-0.05, 0) is 44.0 Å². The second kappa shape index (κ2) is 8.99. The summed E-state index contributed by atoms with van der Waals surface area (Å²) in [5.74, 6) is -0.534. The molecule has 3 N–H and O–H groups in total. The van der Waals surface area contributed by atoms with Crippen molar-refractivity contribution in [2.45, 2.75) is 32.8 Å². The number of benzene rings is 2. The van der Waals surface area contributed by atoms with Crippen LogP contribution in [0.3, 0.4) is 0 Å². The van der Waals surface area contributed by atoms with Gasteiger partial charge in [0.25, 0.3) is 11.8 Å². The highest BCUT2D eigenvalue weighted by Crippen LogP contribution is 2.17. The van der Waals surface area contributed by atoms with Crippen LogP contribution >= 0.6 is 0 Å². The fourth-order valence-corrected chi connectivity index (χ4v) is 2.42. The molecule has 2 aromatic carbocycles. The number of carbonyl (C=O) groups is 2. The van der Waals surface area contributed by atoms with E-state index in [2.05, 4.69) is 10.6 Å². The van der Waals surface area contributed by atoms with Gasteiger partial charge in [-0.25, -0.2) is 0 Å². The summed E-state index contributed by atoms with van der Waals surface area (Å²) in [6, 6.07) is 14.1. The van der Waals surface area contributed by atoms with E-state index in [0.29, 0.717) is 36.2 Å². The molecular weight excluding hydrogens is 316 g/mol. The zero-order valence-corrected chi connectivity index (χ0v) is 14.6. The summed E-state index contributed by atoms with van der Waals surface area (Å²) in [6.45, 7) is 4.19. The second-order valence-corrected chi connectivity index (χ2v) is 5.98. The van der Waals surface area contributed by atoms with Crippen molar-refractivity contribution in [3.8, 4) is 0 Å². The zero-order valence-electron chi connectivity index (χ0n) is 14.6. The Labute approximate surface area is 148 Å². The fraction of sp³-hybridized carbons (Fsp3) is 0.300. The number of hydrogen-bond acceptors (Lipinski definition) is 3. The summed E-state index contributed by atoms with van der Waals surface area (Å²) < 4.78 is 0. The van der Waals surface area contributed by atoms with Crippen LogP contribution in [0.15, 0.2) is 48.5 Å². The minimum atomic E-state index is -0.420. The maximum Gasteiger partial charge on any atom is 0.255 e. The van der Waals surface area contributed by atoms with Gasteiger partial charge in [0.15, 0.2) is 0 Å². The molecule has 5 nitrogen and oxygen atoms in total. The van der Waals surface area contributed by atoms with Crippen molar-refractivity contribution < 1.29 is 14.7 Å². The van der Waals surface area contributed by atoms with Crippen LogP contribution in [0.2, 0.25) is 0 Å². The smallest absolute Gasteiger partial charge is 0.255 e. The second-order valence-electron chi connectivity index (χ2n) is 5.98. The number of amides is 2. The molecule has 0 saturated heterocycles. The Morgan fingerprint density at radius 1 is 1.08 bits per heavy atom. The van der Waals surface area contributed by atoms with E-state index in [9.17, 15) is 14.7 Å². The van der Waals surface area contributed by atoms with Crippen LogP contribution in [-0.2, 0) is 0 Å². The highest BCUT2D eigenvalue weighted by Gasteiger charge is 2.14. The van der Waals surface area contributed by atoms with Crippen molar-refractivity contribution in [2.24, 2.45) is 0 Å². The third-order valence-corrected chi connectivity index (χ3v) is 3.93. The summed E-state index contributed by atoms with van der Waals surface area (Å²) in [4.78, 5) is 24.8. The lowest BCUT2D eigenvalue weighted by Gasteiger charge is -2.13. The largest absolute Gasteiger partial charge is 0.393 e.